The van der Waals surface area contributed by atoms with Crippen LogP contribution in [-0.4, -0.2) is 72.2 Å². The highest BCUT2D eigenvalue weighted by molar-refractivity contribution is 5.79. The lowest BCUT2D eigenvalue weighted by Crippen LogP contribution is -2.46. The predicted octanol–water partition coefficient (Wildman–Crippen LogP) is 4.06. The summed E-state index contributed by atoms with van der Waals surface area (Å²) >= 11 is 0. The molecular weight excluding hydrogens is 454 g/mol. The number of carbonyl (C=O) groups excluding carboxylic acids is 1. The summed E-state index contributed by atoms with van der Waals surface area (Å²) in [6, 6.07) is 5.87. The fourth-order valence-corrected chi connectivity index (χ4v) is 5.85. The lowest BCUT2D eigenvalue weighted by Gasteiger charge is -2.34. The van der Waals surface area contributed by atoms with Crippen LogP contribution in [0.5, 0.6) is 5.75 Å². The number of likely N-dealkylation sites (tertiary alicyclic amines) is 1. The number of carboxylic acids is 1. The Balaban J connectivity index is 1.91. The standard InChI is InChI=1S/C29H45N3O4/c1-5-7-14-31(15-8-13-30)26(33)20-32-19-23(21-9-10-25-22(17-21)11-16-36-25)27(28(34)35)24(32)18-29(3,4)12-6-2/h6,9-10,12,17,23-24,27H,5,7-8,11,13-16,18-20,30H2,1-4H3,(H,34,35)/b12-6+/t23-,24+,27-/m1/s1. The van der Waals surface area contributed by atoms with Crippen LogP contribution in [0.1, 0.15) is 70.4 Å². The second-order valence-electron chi connectivity index (χ2n) is 11.0. The number of rotatable bonds is 13. The van der Waals surface area contributed by atoms with Gasteiger partial charge in [-0.05, 0) is 55.3 Å². The van der Waals surface area contributed by atoms with Crippen molar-refractivity contribution in [3.05, 3.63) is 41.5 Å². The van der Waals surface area contributed by atoms with Crippen LogP contribution in [0.25, 0.3) is 0 Å². The van der Waals surface area contributed by atoms with E-state index in [1.54, 1.807) is 0 Å². The Labute approximate surface area is 216 Å². The smallest absolute Gasteiger partial charge is 0.308 e. The highest BCUT2D eigenvalue weighted by atomic mass is 16.5. The van der Waals surface area contributed by atoms with Gasteiger partial charge in [0.2, 0.25) is 5.91 Å². The molecular formula is C29H45N3O4. The molecule has 3 N–H and O–H groups in total. The summed E-state index contributed by atoms with van der Waals surface area (Å²) in [7, 11) is 0. The Kier molecular flexibility index (Phi) is 9.97. The molecule has 1 aromatic rings. The van der Waals surface area contributed by atoms with Gasteiger partial charge in [0.15, 0.2) is 0 Å². The van der Waals surface area contributed by atoms with Gasteiger partial charge in [-0.15, -0.1) is 0 Å². The van der Waals surface area contributed by atoms with Gasteiger partial charge in [-0.2, -0.15) is 0 Å². The van der Waals surface area contributed by atoms with E-state index in [0.29, 0.717) is 39.2 Å². The lowest BCUT2D eigenvalue weighted by molar-refractivity contribution is -0.144. The van der Waals surface area contributed by atoms with Gasteiger partial charge in [0, 0.05) is 38.0 Å². The van der Waals surface area contributed by atoms with Crippen LogP contribution in [-0.2, 0) is 16.0 Å². The maximum Gasteiger partial charge on any atom is 0.308 e. The molecule has 1 amide bonds. The summed E-state index contributed by atoms with van der Waals surface area (Å²) in [6.45, 7) is 11.8. The summed E-state index contributed by atoms with van der Waals surface area (Å²) in [5, 5.41) is 10.5. The minimum Gasteiger partial charge on any atom is -0.493 e. The number of carbonyl (C=O) groups is 2. The van der Waals surface area contributed by atoms with E-state index in [1.165, 1.54) is 0 Å². The van der Waals surface area contributed by atoms with E-state index in [4.69, 9.17) is 10.5 Å². The molecule has 1 fully saturated rings. The van der Waals surface area contributed by atoms with E-state index in [2.05, 4.69) is 37.8 Å². The first-order valence-electron chi connectivity index (χ1n) is 13.5. The molecule has 0 saturated carbocycles. The van der Waals surface area contributed by atoms with Crippen LogP contribution in [0.15, 0.2) is 30.4 Å². The normalized spacial score (nSPS) is 22.1. The summed E-state index contributed by atoms with van der Waals surface area (Å²) in [5.74, 6) is -0.596. The Morgan fingerprint density at radius 1 is 1.28 bits per heavy atom. The maximum atomic E-state index is 13.5. The van der Waals surface area contributed by atoms with Crippen molar-refractivity contribution in [1.29, 1.82) is 0 Å². The number of hydrogen-bond acceptors (Lipinski definition) is 5. The fraction of sp³-hybridized carbons (Fsp3) is 0.655. The molecule has 0 spiro atoms. The van der Waals surface area contributed by atoms with Crippen LogP contribution >= 0.6 is 0 Å². The molecule has 7 heteroatoms. The van der Waals surface area contributed by atoms with E-state index in [-0.39, 0.29) is 29.8 Å². The number of nitrogens with zero attached hydrogens (tertiary/aromatic N) is 2. The molecule has 0 aliphatic carbocycles. The molecule has 200 valence electrons. The quantitative estimate of drug-likeness (QED) is 0.398. The number of nitrogens with two attached hydrogens (primary N) is 1. The lowest BCUT2D eigenvalue weighted by atomic mass is 9.77. The van der Waals surface area contributed by atoms with Gasteiger partial charge in [0.05, 0.1) is 19.1 Å². The molecule has 7 nitrogen and oxygen atoms in total. The van der Waals surface area contributed by atoms with Crippen molar-refractivity contribution in [2.24, 2.45) is 17.1 Å². The van der Waals surface area contributed by atoms with Crippen molar-refractivity contribution in [2.45, 2.75) is 71.8 Å². The van der Waals surface area contributed by atoms with E-state index >= 15 is 0 Å². The summed E-state index contributed by atoms with van der Waals surface area (Å²) in [5.41, 5.74) is 7.72. The van der Waals surface area contributed by atoms with Crippen LogP contribution in [0, 0.1) is 11.3 Å². The van der Waals surface area contributed by atoms with Gasteiger partial charge in [-0.25, -0.2) is 0 Å². The third kappa shape index (κ3) is 6.88. The zero-order valence-electron chi connectivity index (χ0n) is 22.5. The Morgan fingerprint density at radius 3 is 2.69 bits per heavy atom. The molecule has 0 aromatic heterocycles. The fourth-order valence-electron chi connectivity index (χ4n) is 5.85. The number of allylic oxidation sites excluding steroid dienone is 2. The van der Waals surface area contributed by atoms with Crippen molar-refractivity contribution >= 4 is 11.9 Å². The average molecular weight is 500 g/mol. The number of benzene rings is 1. The Morgan fingerprint density at radius 2 is 2.03 bits per heavy atom. The molecule has 0 unspecified atom stereocenters. The molecule has 1 saturated heterocycles. The highest BCUT2D eigenvalue weighted by Crippen LogP contribution is 2.43. The molecule has 0 bridgehead atoms. The molecule has 3 atom stereocenters. The van der Waals surface area contributed by atoms with Crippen molar-refractivity contribution in [2.75, 3.05) is 39.3 Å². The van der Waals surface area contributed by atoms with Crippen molar-refractivity contribution in [3.63, 3.8) is 0 Å². The number of carboxylic acid groups (broad SMARTS) is 1. The molecule has 2 aliphatic rings. The van der Waals surface area contributed by atoms with Crippen LogP contribution < -0.4 is 10.5 Å². The van der Waals surface area contributed by atoms with E-state index < -0.39 is 11.9 Å². The molecule has 2 aliphatic heterocycles. The first kappa shape index (κ1) is 28.2. The van der Waals surface area contributed by atoms with Gasteiger partial charge >= 0.3 is 5.97 Å². The largest absolute Gasteiger partial charge is 0.493 e. The zero-order valence-corrected chi connectivity index (χ0v) is 22.5. The average Bonchev–Trinajstić information content (AvgIpc) is 3.43. The number of fused-ring (bicyclic) bond motifs is 1. The van der Waals surface area contributed by atoms with Crippen LogP contribution in [0.2, 0.25) is 0 Å². The number of hydrogen-bond donors (Lipinski definition) is 2. The van der Waals surface area contributed by atoms with E-state index in [1.807, 2.05) is 30.0 Å². The summed E-state index contributed by atoms with van der Waals surface area (Å²) in [4.78, 5) is 30.3. The monoisotopic (exact) mass is 499 g/mol. The zero-order chi connectivity index (χ0) is 26.3. The van der Waals surface area contributed by atoms with E-state index in [0.717, 1.165) is 42.6 Å². The van der Waals surface area contributed by atoms with Gasteiger partial charge in [0.25, 0.3) is 0 Å². The first-order chi connectivity index (χ1) is 17.2. The molecule has 3 rings (SSSR count). The summed E-state index contributed by atoms with van der Waals surface area (Å²) in [6.07, 6.45) is 8.42. The topological polar surface area (TPSA) is 96.1 Å². The van der Waals surface area contributed by atoms with Crippen LogP contribution in [0.3, 0.4) is 0 Å². The van der Waals surface area contributed by atoms with Gasteiger partial charge < -0.3 is 20.5 Å². The highest BCUT2D eigenvalue weighted by Gasteiger charge is 2.48. The predicted molar refractivity (Wildman–Crippen MR) is 143 cm³/mol. The summed E-state index contributed by atoms with van der Waals surface area (Å²) < 4.78 is 5.68. The number of aliphatic carboxylic acids is 1. The van der Waals surface area contributed by atoms with Gasteiger partial charge in [-0.1, -0.05) is 51.5 Å². The SMILES string of the molecule is C/C=C/C(C)(C)C[C@H]1[C@H](C(=O)O)[C@@H](c2ccc3c(c2)CCO3)CN1CC(=O)N(CCCC)CCCN. The number of unbranched alkanes of at least 4 members (excludes halogenated alkanes) is 1. The van der Waals surface area contributed by atoms with Crippen molar-refractivity contribution < 1.29 is 19.4 Å². The third-order valence-electron chi connectivity index (χ3n) is 7.63. The van der Waals surface area contributed by atoms with Crippen molar-refractivity contribution in [3.8, 4) is 5.75 Å². The minimum absolute atomic E-state index is 0.0675. The van der Waals surface area contributed by atoms with Gasteiger partial charge in [0.1, 0.15) is 5.75 Å². The Hall–Kier alpha value is -2.38. The first-order valence-corrected chi connectivity index (χ1v) is 13.5. The Bertz CT molecular complexity index is 921. The molecule has 36 heavy (non-hydrogen) atoms. The molecule has 1 aromatic carbocycles. The number of ether oxygens (including phenoxy) is 1. The van der Waals surface area contributed by atoms with E-state index in [9.17, 15) is 14.7 Å². The van der Waals surface area contributed by atoms with Gasteiger partial charge in [-0.3, -0.25) is 14.5 Å². The molecule has 2 heterocycles. The third-order valence-corrected chi connectivity index (χ3v) is 7.63. The van der Waals surface area contributed by atoms with Crippen molar-refractivity contribution in [1.82, 2.24) is 9.80 Å². The number of amides is 1. The van der Waals surface area contributed by atoms with Crippen LogP contribution in [0.4, 0.5) is 0 Å². The second-order valence-corrected chi connectivity index (χ2v) is 11.0. The maximum absolute atomic E-state index is 13.5. The second kappa shape index (κ2) is 12.7. The minimum atomic E-state index is -0.793. The molecule has 0 radical (unpaired) electrons.